The lowest BCUT2D eigenvalue weighted by atomic mass is 10.1. The number of H-pyrrole nitrogens is 1. The minimum atomic E-state index is -1.02. The SMILES string of the molecule is Cc1nc2n[nH]c(N)c2cc1C(=O)O. The zero-order valence-corrected chi connectivity index (χ0v) is 7.40. The van der Waals surface area contributed by atoms with E-state index in [0.717, 1.165) is 0 Å². The van der Waals surface area contributed by atoms with E-state index in [0.29, 0.717) is 22.5 Å². The molecule has 0 radical (unpaired) electrons. The Kier molecular flexibility index (Phi) is 1.63. The molecule has 0 unspecified atom stereocenters. The molecule has 0 fully saturated rings. The van der Waals surface area contributed by atoms with Crippen molar-refractivity contribution in [2.45, 2.75) is 6.92 Å². The third kappa shape index (κ3) is 1.08. The number of rotatable bonds is 1. The predicted molar refractivity (Wildman–Crippen MR) is 50.0 cm³/mol. The summed E-state index contributed by atoms with van der Waals surface area (Å²) in [5.74, 6) is -0.687. The van der Waals surface area contributed by atoms with Crippen LogP contribution >= 0.6 is 0 Å². The minimum Gasteiger partial charge on any atom is -0.478 e. The van der Waals surface area contributed by atoms with Gasteiger partial charge >= 0.3 is 5.97 Å². The van der Waals surface area contributed by atoms with Crippen LogP contribution in [0.15, 0.2) is 6.07 Å². The molecule has 14 heavy (non-hydrogen) atoms. The Morgan fingerprint density at radius 2 is 2.36 bits per heavy atom. The van der Waals surface area contributed by atoms with Crippen LogP contribution in [0.3, 0.4) is 0 Å². The van der Waals surface area contributed by atoms with E-state index in [2.05, 4.69) is 15.2 Å². The first kappa shape index (κ1) is 8.49. The standard InChI is InChI=1S/C8H8N4O2/c1-3-4(8(13)14)2-5-6(9)11-12-7(5)10-3/h2H,1H3,(H,13,14)(H3,9,10,11,12). The summed E-state index contributed by atoms with van der Waals surface area (Å²) in [7, 11) is 0. The Bertz CT molecular complexity index is 517. The zero-order valence-electron chi connectivity index (χ0n) is 7.40. The fourth-order valence-electron chi connectivity index (χ4n) is 1.27. The number of aromatic carboxylic acids is 1. The number of nitrogens with zero attached hydrogens (tertiary/aromatic N) is 2. The molecule has 0 aliphatic rings. The fraction of sp³-hybridized carbons (Fsp3) is 0.125. The molecule has 0 spiro atoms. The molecule has 0 amide bonds. The number of carbonyl (C=O) groups is 1. The van der Waals surface area contributed by atoms with Gasteiger partial charge in [0.25, 0.3) is 0 Å². The third-order valence-electron chi connectivity index (χ3n) is 2.00. The summed E-state index contributed by atoms with van der Waals surface area (Å²) >= 11 is 0. The first-order valence-corrected chi connectivity index (χ1v) is 3.94. The number of aryl methyl sites for hydroxylation is 1. The van der Waals surface area contributed by atoms with Gasteiger partial charge in [-0.05, 0) is 13.0 Å². The second-order valence-electron chi connectivity index (χ2n) is 2.93. The average Bonchev–Trinajstić information content (AvgIpc) is 2.46. The van der Waals surface area contributed by atoms with Crippen LogP contribution in [0.2, 0.25) is 0 Å². The van der Waals surface area contributed by atoms with Gasteiger partial charge in [0, 0.05) is 0 Å². The zero-order chi connectivity index (χ0) is 10.3. The molecule has 6 nitrogen and oxygen atoms in total. The number of fused-ring (bicyclic) bond motifs is 1. The number of nitrogen functional groups attached to an aromatic ring is 1. The third-order valence-corrected chi connectivity index (χ3v) is 2.00. The Hall–Kier alpha value is -2.11. The van der Waals surface area contributed by atoms with E-state index >= 15 is 0 Å². The number of hydrogen-bond donors (Lipinski definition) is 3. The highest BCUT2D eigenvalue weighted by Gasteiger charge is 2.12. The van der Waals surface area contributed by atoms with Gasteiger partial charge in [0.2, 0.25) is 0 Å². The highest BCUT2D eigenvalue weighted by molar-refractivity contribution is 5.96. The second kappa shape index (κ2) is 2.69. The van der Waals surface area contributed by atoms with Crippen molar-refractivity contribution in [1.29, 1.82) is 0 Å². The molecule has 0 aliphatic carbocycles. The van der Waals surface area contributed by atoms with E-state index in [9.17, 15) is 4.79 Å². The maximum atomic E-state index is 10.8. The maximum Gasteiger partial charge on any atom is 0.337 e. The van der Waals surface area contributed by atoms with Crippen LogP contribution in [0.5, 0.6) is 0 Å². The monoisotopic (exact) mass is 192 g/mol. The molecule has 0 saturated carbocycles. The molecule has 0 atom stereocenters. The molecule has 72 valence electrons. The Balaban J connectivity index is 2.80. The summed E-state index contributed by atoms with van der Waals surface area (Å²) in [6.07, 6.45) is 0. The topological polar surface area (TPSA) is 105 Å². The molecule has 0 saturated heterocycles. The number of pyridine rings is 1. The van der Waals surface area contributed by atoms with Gasteiger partial charge in [-0.2, -0.15) is 5.10 Å². The van der Waals surface area contributed by atoms with Crippen molar-refractivity contribution in [3.05, 3.63) is 17.3 Å². The van der Waals surface area contributed by atoms with Gasteiger partial charge in [-0.1, -0.05) is 0 Å². The first-order valence-electron chi connectivity index (χ1n) is 3.94. The highest BCUT2D eigenvalue weighted by Crippen LogP contribution is 2.19. The van der Waals surface area contributed by atoms with Gasteiger partial charge in [-0.15, -0.1) is 0 Å². The number of nitrogens with two attached hydrogens (primary N) is 1. The van der Waals surface area contributed by atoms with Gasteiger partial charge < -0.3 is 10.8 Å². The number of nitrogens with one attached hydrogen (secondary N) is 1. The van der Waals surface area contributed by atoms with E-state index in [-0.39, 0.29) is 5.56 Å². The van der Waals surface area contributed by atoms with E-state index < -0.39 is 5.97 Å². The van der Waals surface area contributed by atoms with Crippen molar-refractivity contribution in [2.24, 2.45) is 0 Å². The second-order valence-corrected chi connectivity index (χ2v) is 2.93. The summed E-state index contributed by atoms with van der Waals surface area (Å²) in [5, 5.41) is 15.7. The van der Waals surface area contributed by atoms with Crippen molar-refractivity contribution in [3.63, 3.8) is 0 Å². The minimum absolute atomic E-state index is 0.144. The normalized spacial score (nSPS) is 10.6. The Labute approximate surface area is 78.8 Å². The van der Waals surface area contributed by atoms with Crippen LogP contribution in [0.1, 0.15) is 16.1 Å². The quantitative estimate of drug-likeness (QED) is 0.611. The molecule has 0 bridgehead atoms. The molecule has 2 aromatic rings. The Morgan fingerprint density at radius 3 is 3.00 bits per heavy atom. The summed E-state index contributed by atoms with van der Waals surface area (Å²) < 4.78 is 0. The average molecular weight is 192 g/mol. The molecular weight excluding hydrogens is 184 g/mol. The van der Waals surface area contributed by atoms with E-state index in [1.165, 1.54) is 6.07 Å². The predicted octanol–water partition coefficient (Wildman–Crippen LogP) is 0.547. The van der Waals surface area contributed by atoms with Crippen molar-refractivity contribution < 1.29 is 9.90 Å². The fourth-order valence-corrected chi connectivity index (χ4v) is 1.27. The van der Waals surface area contributed by atoms with Crippen molar-refractivity contribution in [2.75, 3.05) is 5.73 Å². The van der Waals surface area contributed by atoms with Crippen LogP contribution < -0.4 is 5.73 Å². The molecule has 6 heteroatoms. The van der Waals surface area contributed by atoms with Crippen molar-refractivity contribution in [1.82, 2.24) is 15.2 Å². The molecule has 4 N–H and O–H groups in total. The molecular formula is C8H8N4O2. The number of hydrogen-bond acceptors (Lipinski definition) is 4. The van der Waals surface area contributed by atoms with Crippen molar-refractivity contribution >= 4 is 22.8 Å². The number of carboxylic acids is 1. The van der Waals surface area contributed by atoms with Crippen LogP contribution in [-0.4, -0.2) is 26.3 Å². The number of anilines is 1. The summed E-state index contributed by atoms with van der Waals surface area (Å²) in [4.78, 5) is 14.8. The molecule has 2 heterocycles. The van der Waals surface area contributed by atoms with Gasteiger partial charge in [0.1, 0.15) is 5.82 Å². The van der Waals surface area contributed by atoms with E-state index in [4.69, 9.17) is 10.8 Å². The van der Waals surface area contributed by atoms with Crippen LogP contribution in [0, 0.1) is 6.92 Å². The summed E-state index contributed by atoms with van der Waals surface area (Å²) in [6, 6.07) is 1.47. The van der Waals surface area contributed by atoms with Gasteiger partial charge in [0.15, 0.2) is 5.65 Å². The van der Waals surface area contributed by atoms with Crippen molar-refractivity contribution in [3.8, 4) is 0 Å². The lowest BCUT2D eigenvalue weighted by Crippen LogP contribution is -2.01. The molecule has 0 aromatic carbocycles. The first-order chi connectivity index (χ1) is 6.59. The maximum absolute atomic E-state index is 10.8. The van der Waals surface area contributed by atoms with Crippen LogP contribution in [-0.2, 0) is 0 Å². The van der Waals surface area contributed by atoms with E-state index in [1.54, 1.807) is 6.92 Å². The molecule has 2 rings (SSSR count). The molecule has 2 aromatic heterocycles. The van der Waals surface area contributed by atoms with Crippen LogP contribution in [0.4, 0.5) is 5.82 Å². The smallest absolute Gasteiger partial charge is 0.337 e. The Morgan fingerprint density at radius 1 is 1.64 bits per heavy atom. The van der Waals surface area contributed by atoms with E-state index in [1.807, 2.05) is 0 Å². The highest BCUT2D eigenvalue weighted by atomic mass is 16.4. The largest absolute Gasteiger partial charge is 0.478 e. The van der Waals surface area contributed by atoms with Gasteiger partial charge in [-0.3, -0.25) is 5.10 Å². The van der Waals surface area contributed by atoms with Crippen LogP contribution in [0.25, 0.3) is 11.0 Å². The number of carboxylic acid groups (broad SMARTS) is 1. The van der Waals surface area contributed by atoms with Gasteiger partial charge in [0.05, 0.1) is 16.6 Å². The lowest BCUT2D eigenvalue weighted by Gasteiger charge is -1.98. The number of aromatic amines is 1. The van der Waals surface area contributed by atoms with Gasteiger partial charge in [-0.25, -0.2) is 9.78 Å². The summed E-state index contributed by atoms with van der Waals surface area (Å²) in [5.41, 5.74) is 6.55. The summed E-state index contributed by atoms with van der Waals surface area (Å²) in [6.45, 7) is 1.62. The lowest BCUT2D eigenvalue weighted by molar-refractivity contribution is 0.0696. The molecule has 0 aliphatic heterocycles. The number of aromatic nitrogens is 3.